The largest absolute Gasteiger partial charge is 0.306 e. The van der Waals surface area contributed by atoms with E-state index in [2.05, 4.69) is 57.3 Å². The third-order valence-electron chi connectivity index (χ3n) is 2.59. The standard InChI is InChI=1S/C13H9BrN2/c14-12-3-1-11-8-13(4-2-10(11)7-12)16-6-5-15-9-16/h1-9H. The van der Waals surface area contributed by atoms with Gasteiger partial charge in [0.1, 0.15) is 0 Å². The Labute approximate surface area is 102 Å². The topological polar surface area (TPSA) is 17.8 Å². The van der Waals surface area contributed by atoms with Gasteiger partial charge in [0.2, 0.25) is 0 Å². The van der Waals surface area contributed by atoms with Gasteiger partial charge in [0.15, 0.2) is 0 Å². The molecular formula is C13H9BrN2. The van der Waals surface area contributed by atoms with Crippen molar-refractivity contribution in [3.8, 4) is 5.69 Å². The van der Waals surface area contributed by atoms with Crippen molar-refractivity contribution in [2.24, 2.45) is 0 Å². The molecule has 16 heavy (non-hydrogen) atoms. The van der Waals surface area contributed by atoms with Gasteiger partial charge in [-0.1, -0.05) is 28.1 Å². The van der Waals surface area contributed by atoms with Crippen LogP contribution in [0.5, 0.6) is 0 Å². The molecule has 0 saturated heterocycles. The zero-order valence-corrected chi connectivity index (χ0v) is 10.1. The van der Waals surface area contributed by atoms with Crippen molar-refractivity contribution >= 4 is 26.7 Å². The molecule has 78 valence electrons. The SMILES string of the molecule is Brc1ccc2cc(-n3ccnc3)ccc2c1. The Morgan fingerprint density at radius 2 is 1.81 bits per heavy atom. The summed E-state index contributed by atoms with van der Waals surface area (Å²) in [5, 5.41) is 2.47. The average Bonchev–Trinajstić information content (AvgIpc) is 2.82. The summed E-state index contributed by atoms with van der Waals surface area (Å²) in [5.41, 5.74) is 1.13. The molecule has 0 fully saturated rings. The smallest absolute Gasteiger partial charge is 0.0991 e. The third-order valence-corrected chi connectivity index (χ3v) is 3.08. The maximum absolute atomic E-state index is 4.05. The van der Waals surface area contributed by atoms with Crippen LogP contribution in [-0.4, -0.2) is 9.55 Å². The van der Waals surface area contributed by atoms with E-state index in [1.54, 1.807) is 12.5 Å². The molecule has 0 aliphatic heterocycles. The molecule has 0 saturated carbocycles. The number of halogens is 1. The summed E-state index contributed by atoms with van der Waals surface area (Å²) < 4.78 is 3.11. The van der Waals surface area contributed by atoms with Crippen LogP contribution in [0, 0.1) is 0 Å². The van der Waals surface area contributed by atoms with Crippen LogP contribution in [0.25, 0.3) is 16.5 Å². The van der Waals surface area contributed by atoms with Crippen molar-refractivity contribution < 1.29 is 0 Å². The van der Waals surface area contributed by atoms with Gasteiger partial charge in [0.25, 0.3) is 0 Å². The second kappa shape index (κ2) is 3.76. The van der Waals surface area contributed by atoms with E-state index in [0.29, 0.717) is 0 Å². The van der Waals surface area contributed by atoms with Gasteiger partial charge in [-0.05, 0) is 35.0 Å². The normalized spacial score (nSPS) is 10.8. The number of hydrogen-bond donors (Lipinski definition) is 0. The number of fused-ring (bicyclic) bond motifs is 1. The number of hydrogen-bond acceptors (Lipinski definition) is 1. The highest BCUT2D eigenvalue weighted by atomic mass is 79.9. The number of benzene rings is 2. The summed E-state index contributed by atoms with van der Waals surface area (Å²) in [6.45, 7) is 0. The quantitative estimate of drug-likeness (QED) is 0.659. The van der Waals surface area contributed by atoms with Crippen molar-refractivity contribution in [1.82, 2.24) is 9.55 Å². The molecule has 2 nitrogen and oxygen atoms in total. The van der Waals surface area contributed by atoms with Crippen molar-refractivity contribution in [2.75, 3.05) is 0 Å². The molecule has 0 spiro atoms. The fourth-order valence-corrected chi connectivity index (χ4v) is 2.16. The highest BCUT2D eigenvalue weighted by Gasteiger charge is 1.98. The van der Waals surface area contributed by atoms with E-state index in [-0.39, 0.29) is 0 Å². The first-order chi connectivity index (χ1) is 7.83. The molecule has 0 amide bonds. The van der Waals surface area contributed by atoms with E-state index in [0.717, 1.165) is 10.2 Å². The number of nitrogens with zero attached hydrogens (tertiary/aromatic N) is 2. The average molecular weight is 273 g/mol. The lowest BCUT2D eigenvalue weighted by Gasteiger charge is -2.04. The van der Waals surface area contributed by atoms with Gasteiger partial charge in [-0.3, -0.25) is 0 Å². The van der Waals surface area contributed by atoms with Crippen LogP contribution >= 0.6 is 15.9 Å². The van der Waals surface area contributed by atoms with E-state index in [4.69, 9.17) is 0 Å². The number of rotatable bonds is 1. The minimum atomic E-state index is 1.11. The van der Waals surface area contributed by atoms with E-state index in [1.807, 2.05) is 10.8 Å². The van der Waals surface area contributed by atoms with Gasteiger partial charge < -0.3 is 4.57 Å². The first kappa shape index (κ1) is 9.60. The van der Waals surface area contributed by atoms with E-state index in [9.17, 15) is 0 Å². The van der Waals surface area contributed by atoms with Crippen LogP contribution in [0.2, 0.25) is 0 Å². The van der Waals surface area contributed by atoms with Crippen molar-refractivity contribution in [3.63, 3.8) is 0 Å². The van der Waals surface area contributed by atoms with Gasteiger partial charge in [0.05, 0.1) is 6.33 Å². The Kier molecular flexibility index (Phi) is 2.26. The summed E-state index contributed by atoms with van der Waals surface area (Å²) in [4.78, 5) is 4.05. The molecule has 1 heterocycles. The molecule has 0 unspecified atom stereocenters. The van der Waals surface area contributed by atoms with Gasteiger partial charge in [-0.15, -0.1) is 0 Å². The van der Waals surface area contributed by atoms with Crippen LogP contribution in [0.1, 0.15) is 0 Å². The Morgan fingerprint density at radius 3 is 2.62 bits per heavy atom. The summed E-state index contributed by atoms with van der Waals surface area (Å²) in [6.07, 6.45) is 5.53. The Balaban J connectivity index is 2.20. The summed E-state index contributed by atoms with van der Waals surface area (Å²) in [5.74, 6) is 0. The first-order valence-electron chi connectivity index (χ1n) is 5.00. The van der Waals surface area contributed by atoms with Gasteiger partial charge in [-0.25, -0.2) is 4.98 Å². The van der Waals surface area contributed by atoms with E-state index in [1.165, 1.54) is 10.8 Å². The van der Waals surface area contributed by atoms with Gasteiger partial charge in [-0.2, -0.15) is 0 Å². The molecule has 0 atom stereocenters. The van der Waals surface area contributed by atoms with Crippen LogP contribution in [0.15, 0.2) is 59.6 Å². The highest BCUT2D eigenvalue weighted by molar-refractivity contribution is 9.10. The van der Waals surface area contributed by atoms with Crippen LogP contribution < -0.4 is 0 Å². The Bertz CT molecular complexity index is 629. The first-order valence-corrected chi connectivity index (χ1v) is 5.80. The monoisotopic (exact) mass is 272 g/mol. The lowest BCUT2D eigenvalue weighted by atomic mass is 10.1. The van der Waals surface area contributed by atoms with E-state index >= 15 is 0 Å². The molecule has 0 aliphatic carbocycles. The van der Waals surface area contributed by atoms with Crippen molar-refractivity contribution in [2.45, 2.75) is 0 Å². The summed E-state index contributed by atoms with van der Waals surface area (Å²) >= 11 is 3.47. The minimum absolute atomic E-state index is 1.11. The lowest BCUT2D eigenvalue weighted by Crippen LogP contribution is -1.89. The predicted octanol–water partition coefficient (Wildman–Crippen LogP) is 3.79. The zero-order valence-electron chi connectivity index (χ0n) is 8.47. The fraction of sp³-hybridized carbons (Fsp3) is 0. The zero-order chi connectivity index (χ0) is 11.0. The van der Waals surface area contributed by atoms with Crippen molar-refractivity contribution in [1.29, 1.82) is 0 Å². The summed E-state index contributed by atoms with van der Waals surface area (Å²) in [7, 11) is 0. The molecule has 3 heteroatoms. The Morgan fingerprint density at radius 1 is 1.00 bits per heavy atom. The van der Waals surface area contributed by atoms with Crippen LogP contribution in [0.3, 0.4) is 0 Å². The highest BCUT2D eigenvalue weighted by Crippen LogP contribution is 2.22. The summed E-state index contributed by atoms with van der Waals surface area (Å²) in [6, 6.07) is 12.7. The van der Waals surface area contributed by atoms with Gasteiger partial charge >= 0.3 is 0 Å². The fourth-order valence-electron chi connectivity index (χ4n) is 1.78. The second-order valence-electron chi connectivity index (χ2n) is 3.65. The van der Waals surface area contributed by atoms with Crippen molar-refractivity contribution in [3.05, 3.63) is 59.6 Å². The van der Waals surface area contributed by atoms with Crippen LogP contribution in [-0.2, 0) is 0 Å². The molecule has 0 aliphatic rings. The minimum Gasteiger partial charge on any atom is -0.306 e. The predicted molar refractivity (Wildman–Crippen MR) is 68.8 cm³/mol. The number of imidazole rings is 1. The third kappa shape index (κ3) is 1.63. The molecule has 1 aromatic heterocycles. The molecule has 3 aromatic rings. The van der Waals surface area contributed by atoms with Gasteiger partial charge in [0, 0.05) is 22.6 Å². The molecule has 0 N–H and O–H groups in total. The second-order valence-corrected chi connectivity index (χ2v) is 4.56. The lowest BCUT2D eigenvalue weighted by molar-refractivity contribution is 1.06. The maximum atomic E-state index is 4.05. The van der Waals surface area contributed by atoms with Crippen LogP contribution in [0.4, 0.5) is 0 Å². The molecule has 0 radical (unpaired) electrons. The number of aromatic nitrogens is 2. The Hall–Kier alpha value is -1.61. The molecule has 2 aromatic carbocycles. The maximum Gasteiger partial charge on any atom is 0.0991 e. The molecule has 3 rings (SSSR count). The van der Waals surface area contributed by atoms with E-state index < -0.39 is 0 Å². The molecule has 0 bridgehead atoms. The molecular weight excluding hydrogens is 264 g/mol.